The first kappa shape index (κ1) is 20.2. The van der Waals surface area contributed by atoms with Crippen LogP contribution in [0.1, 0.15) is 37.1 Å². The van der Waals surface area contributed by atoms with E-state index in [9.17, 15) is 4.79 Å². The number of anilines is 1. The zero-order valence-corrected chi connectivity index (χ0v) is 18.1. The number of benzene rings is 2. The third-order valence-electron chi connectivity index (χ3n) is 5.54. The van der Waals surface area contributed by atoms with E-state index >= 15 is 0 Å². The minimum absolute atomic E-state index is 0.149. The Kier molecular flexibility index (Phi) is 5.33. The summed E-state index contributed by atoms with van der Waals surface area (Å²) in [5, 5.41) is 7.37. The topological polar surface area (TPSA) is 81.1 Å². The standard InChI is InChI=1S/C25H25N5O2/c1-16-4-3-5-20(12-16)29-25(31)30-11-10-18-13-21(8-9-23(18)30)32-24-14-22(26-15-27-24)17(2)28-19-6-7-19/h3-5,8-15,17,19,28H,6-7H2,1-2H3,(H,29,31). The normalized spacial score (nSPS) is 14.3. The Morgan fingerprint density at radius 3 is 2.81 bits per heavy atom. The van der Waals surface area contributed by atoms with Gasteiger partial charge in [0.05, 0.1) is 11.2 Å². The van der Waals surface area contributed by atoms with Gasteiger partial charge >= 0.3 is 6.03 Å². The molecule has 7 nitrogen and oxygen atoms in total. The molecule has 0 radical (unpaired) electrons. The molecular weight excluding hydrogens is 402 g/mol. The van der Waals surface area contributed by atoms with Crippen molar-refractivity contribution in [3.8, 4) is 11.6 Å². The van der Waals surface area contributed by atoms with E-state index in [1.54, 1.807) is 10.8 Å². The molecule has 1 aliphatic carbocycles. The number of carbonyl (C=O) groups is 1. The van der Waals surface area contributed by atoms with E-state index < -0.39 is 0 Å². The van der Waals surface area contributed by atoms with Crippen molar-refractivity contribution in [2.75, 3.05) is 5.32 Å². The molecule has 1 fully saturated rings. The molecule has 1 atom stereocenters. The summed E-state index contributed by atoms with van der Waals surface area (Å²) in [6.07, 6.45) is 5.73. The molecule has 1 amide bonds. The number of aromatic nitrogens is 3. The van der Waals surface area contributed by atoms with E-state index in [0.717, 1.165) is 27.8 Å². The highest BCUT2D eigenvalue weighted by Gasteiger charge is 2.24. The maximum absolute atomic E-state index is 12.8. The lowest BCUT2D eigenvalue weighted by Gasteiger charge is -2.13. The smallest absolute Gasteiger partial charge is 0.330 e. The summed E-state index contributed by atoms with van der Waals surface area (Å²) in [4.78, 5) is 21.4. The molecule has 2 aromatic heterocycles. The molecule has 2 heterocycles. The van der Waals surface area contributed by atoms with Crippen LogP contribution in [0.25, 0.3) is 10.9 Å². The minimum atomic E-state index is -0.211. The van der Waals surface area contributed by atoms with Gasteiger partial charge in [0.2, 0.25) is 5.88 Å². The summed E-state index contributed by atoms with van der Waals surface area (Å²) in [6.45, 7) is 4.09. The van der Waals surface area contributed by atoms with Crippen LogP contribution in [0.5, 0.6) is 11.6 Å². The minimum Gasteiger partial charge on any atom is -0.439 e. The number of aryl methyl sites for hydroxylation is 1. The number of ether oxygens (including phenoxy) is 1. The number of rotatable bonds is 6. The predicted octanol–water partition coefficient (Wildman–Crippen LogP) is 5.43. The van der Waals surface area contributed by atoms with Crippen LogP contribution in [0, 0.1) is 6.92 Å². The van der Waals surface area contributed by atoms with Crippen molar-refractivity contribution in [3.63, 3.8) is 0 Å². The Bertz CT molecular complexity index is 1280. The molecule has 1 saturated carbocycles. The molecule has 5 rings (SSSR count). The molecule has 4 aromatic rings. The number of nitrogens with zero attached hydrogens (tertiary/aromatic N) is 3. The monoisotopic (exact) mass is 427 g/mol. The highest BCUT2D eigenvalue weighted by atomic mass is 16.5. The average molecular weight is 428 g/mol. The van der Waals surface area contributed by atoms with Crippen molar-refractivity contribution < 1.29 is 9.53 Å². The quantitative estimate of drug-likeness (QED) is 0.429. The van der Waals surface area contributed by atoms with Gasteiger partial charge in [0.15, 0.2) is 0 Å². The van der Waals surface area contributed by atoms with E-state index in [0.29, 0.717) is 17.7 Å². The van der Waals surface area contributed by atoms with E-state index in [4.69, 9.17) is 4.74 Å². The van der Waals surface area contributed by atoms with Crippen LogP contribution < -0.4 is 15.4 Å². The summed E-state index contributed by atoms with van der Waals surface area (Å²) < 4.78 is 7.58. The van der Waals surface area contributed by atoms with Crippen LogP contribution in [-0.2, 0) is 0 Å². The summed E-state index contributed by atoms with van der Waals surface area (Å²) in [5.41, 5.74) is 3.56. The predicted molar refractivity (Wildman–Crippen MR) is 124 cm³/mol. The molecule has 0 spiro atoms. The van der Waals surface area contributed by atoms with Gasteiger partial charge in [-0.15, -0.1) is 0 Å². The van der Waals surface area contributed by atoms with Crippen molar-refractivity contribution in [2.24, 2.45) is 0 Å². The zero-order chi connectivity index (χ0) is 22.1. The molecule has 162 valence electrons. The second-order valence-electron chi connectivity index (χ2n) is 8.25. The maximum atomic E-state index is 12.8. The van der Waals surface area contributed by atoms with Crippen molar-refractivity contribution in [1.82, 2.24) is 19.9 Å². The number of fused-ring (bicyclic) bond motifs is 1. The Balaban J connectivity index is 1.32. The fourth-order valence-corrected chi connectivity index (χ4v) is 3.72. The van der Waals surface area contributed by atoms with Crippen LogP contribution in [0.3, 0.4) is 0 Å². The Hall–Kier alpha value is -3.71. The van der Waals surface area contributed by atoms with Crippen LogP contribution in [0.4, 0.5) is 10.5 Å². The summed E-state index contributed by atoms with van der Waals surface area (Å²) in [5.74, 6) is 1.15. The van der Waals surface area contributed by atoms with Crippen LogP contribution in [0.2, 0.25) is 0 Å². The lowest BCUT2D eigenvalue weighted by molar-refractivity contribution is 0.254. The van der Waals surface area contributed by atoms with E-state index in [1.165, 1.54) is 19.2 Å². The molecule has 1 aliphatic rings. The number of nitrogens with one attached hydrogen (secondary N) is 2. The largest absolute Gasteiger partial charge is 0.439 e. The second-order valence-corrected chi connectivity index (χ2v) is 8.25. The molecule has 0 aliphatic heterocycles. The van der Waals surface area contributed by atoms with Crippen LogP contribution in [-0.4, -0.2) is 26.6 Å². The van der Waals surface area contributed by atoms with Gasteiger partial charge in [0, 0.05) is 35.4 Å². The SMILES string of the molecule is Cc1cccc(NC(=O)n2ccc3cc(Oc4cc(C(C)NC5CC5)ncn4)ccc32)c1. The highest BCUT2D eigenvalue weighted by molar-refractivity contribution is 5.98. The van der Waals surface area contributed by atoms with Crippen molar-refractivity contribution in [2.45, 2.75) is 38.8 Å². The number of hydrogen-bond acceptors (Lipinski definition) is 5. The van der Waals surface area contributed by atoms with Crippen LogP contribution >= 0.6 is 0 Å². The lowest BCUT2D eigenvalue weighted by Crippen LogP contribution is -2.21. The van der Waals surface area contributed by atoms with Gasteiger partial charge in [0.25, 0.3) is 0 Å². The van der Waals surface area contributed by atoms with Gasteiger partial charge in [-0.2, -0.15) is 0 Å². The maximum Gasteiger partial charge on any atom is 0.330 e. The molecule has 2 aromatic carbocycles. The number of amides is 1. The molecule has 32 heavy (non-hydrogen) atoms. The Morgan fingerprint density at radius 1 is 1.12 bits per heavy atom. The lowest BCUT2D eigenvalue weighted by atomic mass is 10.2. The third kappa shape index (κ3) is 4.48. The first-order valence-electron chi connectivity index (χ1n) is 10.8. The van der Waals surface area contributed by atoms with Gasteiger partial charge in [-0.1, -0.05) is 12.1 Å². The summed E-state index contributed by atoms with van der Waals surface area (Å²) in [7, 11) is 0. The highest BCUT2D eigenvalue weighted by Crippen LogP contribution is 2.28. The fraction of sp³-hybridized carbons (Fsp3) is 0.240. The first-order chi connectivity index (χ1) is 15.5. The first-order valence-corrected chi connectivity index (χ1v) is 10.8. The third-order valence-corrected chi connectivity index (χ3v) is 5.54. The van der Waals surface area contributed by atoms with E-state index in [2.05, 4.69) is 27.5 Å². The molecular formula is C25H25N5O2. The number of hydrogen-bond donors (Lipinski definition) is 2. The molecule has 1 unspecified atom stereocenters. The molecule has 2 N–H and O–H groups in total. The molecule has 7 heteroatoms. The van der Waals surface area contributed by atoms with Gasteiger partial charge in [0.1, 0.15) is 12.1 Å². The fourth-order valence-electron chi connectivity index (χ4n) is 3.72. The van der Waals surface area contributed by atoms with Crippen molar-refractivity contribution in [3.05, 3.63) is 78.4 Å². The van der Waals surface area contributed by atoms with Gasteiger partial charge < -0.3 is 15.4 Å². The van der Waals surface area contributed by atoms with Gasteiger partial charge in [-0.05, 0) is 68.7 Å². The number of carbonyl (C=O) groups excluding carboxylic acids is 1. The van der Waals surface area contributed by atoms with Gasteiger partial charge in [-0.3, -0.25) is 4.57 Å². The molecule has 0 saturated heterocycles. The zero-order valence-electron chi connectivity index (χ0n) is 18.1. The summed E-state index contributed by atoms with van der Waals surface area (Å²) in [6, 6.07) is 17.6. The molecule has 0 bridgehead atoms. The summed E-state index contributed by atoms with van der Waals surface area (Å²) >= 11 is 0. The second kappa shape index (κ2) is 8.43. The Labute approximate surface area is 186 Å². The van der Waals surface area contributed by atoms with E-state index in [1.807, 2.05) is 61.5 Å². The van der Waals surface area contributed by atoms with Crippen molar-refractivity contribution in [1.29, 1.82) is 0 Å². The van der Waals surface area contributed by atoms with Gasteiger partial charge in [-0.25, -0.2) is 14.8 Å². The Morgan fingerprint density at radius 2 is 2.00 bits per heavy atom. The average Bonchev–Trinajstić information content (AvgIpc) is 3.49. The van der Waals surface area contributed by atoms with E-state index in [-0.39, 0.29) is 12.1 Å². The van der Waals surface area contributed by atoms with Crippen LogP contribution in [0.15, 0.2) is 67.1 Å². The van der Waals surface area contributed by atoms with Crippen molar-refractivity contribution >= 4 is 22.6 Å².